The Morgan fingerprint density at radius 2 is 1.92 bits per heavy atom. The van der Waals surface area contributed by atoms with E-state index in [9.17, 15) is 31.1 Å². The number of hydrogen-bond donors (Lipinski definition) is 1. The zero-order valence-corrected chi connectivity index (χ0v) is 20.2. The van der Waals surface area contributed by atoms with Gasteiger partial charge in [-0.3, -0.25) is 4.98 Å². The number of carbonyl (C=O) groups is 1. The Morgan fingerprint density at radius 3 is 2.58 bits per heavy atom. The second kappa shape index (κ2) is 10.5. The number of nitrogens with one attached hydrogen (secondary N) is 1. The molecule has 0 spiro atoms. The highest BCUT2D eigenvalue weighted by Gasteiger charge is 2.49. The molecular formula is C22H23F6N7O3. The normalized spacial score (nSPS) is 19.7. The summed E-state index contributed by atoms with van der Waals surface area (Å²) in [5, 5.41) is 5.77. The number of carbonyl (C=O) groups excluding carboxylic acids is 1. The molecule has 1 aliphatic rings. The van der Waals surface area contributed by atoms with E-state index in [2.05, 4.69) is 20.1 Å². The number of alkyl halides is 6. The van der Waals surface area contributed by atoms with Gasteiger partial charge in [-0.2, -0.15) is 31.4 Å². The van der Waals surface area contributed by atoms with E-state index in [1.807, 2.05) is 0 Å². The van der Waals surface area contributed by atoms with Crippen molar-refractivity contribution in [1.29, 1.82) is 0 Å². The summed E-state index contributed by atoms with van der Waals surface area (Å²) in [5.41, 5.74) is -0.278. The van der Waals surface area contributed by atoms with Crippen LogP contribution in [0.4, 0.5) is 31.1 Å². The number of hydrogen-bond acceptors (Lipinski definition) is 7. The van der Waals surface area contributed by atoms with Gasteiger partial charge < -0.3 is 19.7 Å². The molecule has 2 atom stereocenters. The molecule has 0 radical (unpaired) electrons. The Kier molecular flexibility index (Phi) is 7.51. The molecule has 0 aromatic carbocycles. The van der Waals surface area contributed by atoms with Crippen molar-refractivity contribution in [2.45, 2.75) is 50.6 Å². The number of halogens is 6. The third-order valence-electron chi connectivity index (χ3n) is 5.94. The number of urea groups is 1. The van der Waals surface area contributed by atoms with E-state index >= 15 is 0 Å². The van der Waals surface area contributed by atoms with Crippen LogP contribution in [-0.4, -0.2) is 74.2 Å². The van der Waals surface area contributed by atoms with Gasteiger partial charge >= 0.3 is 18.4 Å². The quantitative estimate of drug-likeness (QED) is 0.476. The van der Waals surface area contributed by atoms with Crippen molar-refractivity contribution in [1.82, 2.24) is 34.8 Å². The Hall–Kier alpha value is -3.85. The molecule has 4 rings (SSSR count). The van der Waals surface area contributed by atoms with E-state index in [0.29, 0.717) is 0 Å². The molecule has 1 N–H and O–H groups in total. The molecule has 10 nitrogen and oxygen atoms in total. The van der Waals surface area contributed by atoms with Crippen LogP contribution in [0.3, 0.4) is 0 Å². The van der Waals surface area contributed by atoms with E-state index < -0.39 is 49.1 Å². The lowest BCUT2D eigenvalue weighted by Crippen LogP contribution is -2.53. The van der Waals surface area contributed by atoms with Gasteiger partial charge in [-0.15, -0.1) is 0 Å². The maximum absolute atomic E-state index is 14.4. The third-order valence-corrected chi connectivity index (χ3v) is 5.94. The summed E-state index contributed by atoms with van der Waals surface area (Å²) in [6.45, 7) is 0.645. The van der Waals surface area contributed by atoms with Crippen LogP contribution in [0.2, 0.25) is 0 Å². The Balaban J connectivity index is 1.91. The molecule has 4 heterocycles. The number of nitrogens with zero attached hydrogens (tertiary/aromatic N) is 6. The van der Waals surface area contributed by atoms with Gasteiger partial charge in [0.05, 0.1) is 37.5 Å². The highest BCUT2D eigenvalue weighted by Crippen LogP contribution is 2.40. The lowest BCUT2D eigenvalue weighted by atomic mass is 10.1. The minimum absolute atomic E-state index is 0.0178. The summed E-state index contributed by atoms with van der Waals surface area (Å²) in [4.78, 5) is 25.4. The fourth-order valence-electron chi connectivity index (χ4n) is 4.12. The highest BCUT2D eigenvalue weighted by molar-refractivity contribution is 5.75. The largest absolute Gasteiger partial charge is 0.494 e. The molecule has 0 aliphatic carbocycles. The first-order valence-corrected chi connectivity index (χ1v) is 11.5. The average molecular weight is 547 g/mol. The number of fused-ring (bicyclic) bond motifs is 7. The van der Waals surface area contributed by atoms with Gasteiger partial charge in [0, 0.05) is 12.1 Å². The fourth-order valence-corrected chi connectivity index (χ4v) is 4.12. The second-order valence-corrected chi connectivity index (χ2v) is 8.39. The van der Waals surface area contributed by atoms with Crippen molar-refractivity contribution >= 4 is 11.7 Å². The molecule has 0 saturated heterocycles. The lowest BCUT2D eigenvalue weighted by Gasteiger charge is -2.34. The third kappa shape index (κ3) is 5.52. The minimum atomic E-state index is -5.08. The van der Waals surface area contributed by atoms with E-state index in [1.165, 1.54) is 31.1 Å². The first kappa shape index (κ1) is 27.2. The van der Waals surface area contributed by atoms with Crippen LogP contribution in [0.15, 0.2) is 24.8 Å². The second-order valence-electron chi connectivity index (χ2n) is 8.39. The molecule has 1 aliphatic heterocycles. The van der Waals surface area contributed by atoms with Crippen molar-refractivity contribution in [2.75, 3.05) is 20.3 Å². The molecule has 3 aromatic rings. The smallest absolute Gasteiger partial charge is 0.414 e. The van der Waals surface area contributed by atoms with E-state index in [4.69, 9.17) is 9.47 Å². The number of pyridine rings is 1. The number of amides is 2. The monoisotopic (exact) mass is 547 g/mol. The van der Waals surface area contributed by atoms with Crippen LogP contribution < -0.4 is 14.8 Å². The summed E-state index contributed by atoms with van der Waals surface area (Å²) in [7, 11) is 1.28. The number of rotatable bonds is 2. The van der Waals surface area contributed by atoms with Crippen LogP contribution in [0.1, 0.15) is 37.9 Å². The predicted molar refractivity (Wildman–Crippen MR) is 119 cm³/mol. The van der Waals surface area contributed by atoms with Gasteiger partial charge in [0.25, 0.3) is 5.88 Å². The molecule has 3 aromatic heterocycles. The first-order valence-electron chi connectivity index (χ1n) is 11.5. The first-order chi connectivity index (χ1) is 17.9. The standard InChI is InChI=1S/C22H23F6N7O3/c1-3-34-17(22(26,27)28)13-8-12(15(37-2)9-29-13)14-10-35-18(30-11-31-35)19(32-14)38-7-5-4-6-16(21(23,24)25)33-20(34)36/h8-11,16-17H,3-7H2,1-2H3,(H,33,36)/t16-,17?/m1/s1. The highest BCUT2D eigenvalue weighted by atomic mass is 19.4. The van der Waals surface area contributed by atoms with E-state index in [-0.39, 0.29) is 52.9 Å². The predicted octanol–water partition coefficient (Wildman–Crippen LogP) is 4.32. The Labute approximate surface area is 212 Å². The summed E-state index contributed by atoms with van der Waals surface area (Å²) in [5.74, 6) is 0.0362. The van der Waals surface area contributed by atoms with E-state index in [0.717, 1.165) is 12.3 Å². The molecule has 2 amide bonds. The van der Waals surface area contributed by atoms with Gasteiger partial charge in [0.1, 0.15) is 18.1 Å². The molecular weight excluding hydrogens is 524 g/mol. The number of ether oxygens (including phenoxy) is 2. The van der Waals surface area contributed by atoms with Crippen molar-refractivity contribution < 1.29 is 40.6 Å². The number of methoxy groups -OCH3 is 1. The topological polar surface area (TPSA) is 107 Å². The summed E-state index contributed by atoms with van der Waals surface area (Å²) in [6.07, 6.45) is -6.80. The van der Waals surface area contributed by atoms with Crippen molar-refractivity contribution in [3.8, 4) is 22.9 Å². The lowest BCUT2D eigenvalue weighted by molar-refractivity contribution is -0.180. The average Bonchev–Trinajstić information content (AvgIpc) is 3.32. The maximum Gasteiger partial charge on any atom is 0.414 e. The van der Waals surface area contributed by atoms with Crippen LogP contribution >= 0.6 is 0 Å². The van der Waals surface area contributed by atoms with Crippen LogP contribution in [0.5, 0.6) is 11.6 Å². The Morgan fingerprint density at radius 1 is 1.16 bits per heavy atom. The van der Waals surface area contributed by atoms with Gasteiger partial charge in [0.2, 0.25) is 5.65 Å². The molecule has 1 unspecified atom stereocenters. The molecule has 16 heteroatoms. The van der Waals surface area contributed by atoms with Crippen LogP contribution in [-0.2, 0) is 0 Å². The maximum atomic E-state index is 14.4. The van der Waals surface area contributed by atoms with Crippen LogP contribution in [0, 0.1) is 0 Å². The fraction of sp³-hybridized carbons (Fsp3) is 0.500. The molecule has 206 valence electrons. The Bertz CT molecular complexity index is 1300. The molecule has 4 bridgehead atoms. The minimum Gasteiger partial charge on any atom is -0.494 e. The van der Waals surface area contributed by atoms with Crippen molar-refractivity contribution in [3.63, 3.8) is 0 Å². The van der Waals surface area contributed by atoms with Gasteiger partial charge in [-0.05, 0) is 32.3 Å². The molecule has 38 heavy (non-hydrogen) atoms. The summed E-state index contributed by atoms with van der Waals surface area (Å²) in [6, 6.07) is -5.53. The van der Waals surface area contributed by atoms with E-state index in [1.54, 1.807) is 5.32 Å². The summed E-state index contributed by atoms with van der Waals surface area (Å²) >= 11 is 0. The summed E-state index contributed by atoms with van der Waals surface area (Å²) < 4.78 is 96.3. The molecule has 0 saturated carbocycles. The van der Waals surface area contributed by atoms with Crippen molar-refractivity contribution in [2.24, 2.45) is 0 Å². The van der Waals surface area contributed by atoms with Gasteiger partial charge in [-0.25, -0.2) is 19.3 Å². The van der Waals surface area contributed by atoms with Gasteiger partial charge in [0.15, 0.2) is 6.04 Å². The van der Waals surface area contributed by atoms with Gasteiger partial charge in [-0.1, -0.05) is 0 Å². The zero-order valence-electron chi connectivity index (χ0n) is 20.2. The van der Waals surface area contributed by atoms with Crippen LogP contribution in [0.25, 0.3) is 16.9 Å². The zero-order chi connectivity index (χ0) is 27.7. The molecule has 0 fully saturated rings. The number of aromatic nitrogens is 5. The van der Waals surface area contributed by atoms with Crippen molar-refractivity contribution in [3.05, 3.63) is 30.5 Å². The SMILES string of the molecule is CCN1C(=O)N[C@@H](C(F)(F)F)CCCCOc2nc(cn3ncnc23)-c2cc(ncc2OC)C1C(F)(F)F.